The first-order valence-corrected chi connectivity index (χ1v) is 7.73. The molecule has 6 nitrogen and oxygen atoms in total. The van der Waals surface area contributed by atoms with Gasteiger partial charge >= 0.3 is 5.97 Å². The standard InChI is InChI=1S/C19H19N3O3/c1-12-17(19(23)25-3)21-18(13-4-10-16(24-2)11-5-13)22(12)15-8-6-14(20)7-9-15/h4-11H,20H2,1-3H3. The van der Waals surface area contributed by atoms with Crippen LogP contribution in [0.5, 0.6) is 5.75 Å². The molecule has 25 heavy (non-hydrogen) atoms. The maximum absolute atomic E-state index is 12.1. The Labute approximate surface area is 145 Å². The van der Waals surface area contributed by atoms with Crippen molar-refractivity contribution in [3.8, 4) is 22.8 Å². The summed E-state index contributed by atoms with van der Waals surface area (Å²) in [5.41, 5.74) is 9.15. The number of esters is 1. The Morgan fingerprint density at radius 2 is 1.68 bits per heavy atom. The number of imidazole rings is 1. The van der Waals surface area contributed by atoms with Crippen molar-refractivity contribution in [1.82, 2.24) is 9.55 Å². The molecule has 0 aliphatic heterocycles. The van der Waals surface area contributed by atoms with Gasteiger partial charge in [-0.1, -0.05) is 0 Å². The van der Waals surface area contributed by atoms with Crippen LogP contribution in [-0.4, -0.2) is 29.7 Å². The first kappa shape index (κ1) is 16.6. The van der Waals surface area contributed by atoms with Gasteiger partial charge in [-0.05, 0) is 55.5 Å². The molecule has 0 radical (unpaired) electrons. The Kier molecular flexibility index (Phi) is 4.43. The van der Waals surface area contributed by atoms with Crippen LogP contribution in [0.25, 0.3) is 17.1 Å². The van der Waals surface area contributed by atoms with Crippen LogP contribution in [0.4, 0.5) is 5.69 Å². The number of methoxy groups -OCH3 is 2. The van der Waals surface area contributed by atoms with Crippen LogP contribution in [0.2, 0.25) is 0 Å². The van der Waals surface area contributed by atoms with Crippen molar-refractivity contribution in [1.29, 1.82) is 0 Å². The zero-order valence-corrected chi connectivity index (χ0v) is 14.3. The summed E-state index contributed by atoms with van der Waals surface area (Å²) in [6, 6.07) is 14.9. The molecule has 0 amide bonds. The van der Waals surface area contributed by atoms with Gasteiger partial charge < -0.3 is 15.2 Å². The van der Waals surface area contributed by atoms with E-state index in [2.05, 4.69) is 4.98 Å². The third-order valence-corrected chi connectivity index (χ3v) is 3.99. The van der Waals surface area contributed by atoms with Crippen molar-refractivity contribution in [2.45, 2.75) is 6.92 Å². The fraction of sp³-hybridized carbons (Fsp3) is 0.158. The number of nitrogens with zero attached hydrogens (tertiary/aromatic N) is 2. The Hall–Kier alpha value is -3.28. The van der Waals surface area contributed by atoms with Gasteiger partial charge in [-0.15, -0.1) is 0 Å². The van der Waals surface area contributed by atoms with Gasteiger partial charge in [0, 0.05) is 16.9 Å². The molecule has 3 rings (SSSR count). The number of hydrogen-bond donors (Lipinski definition) is 1. The number of ether oxygens (including phenoxy) is 2. The number of benzene rings is 2. The molecule has 3 aromatic rings. The Balaban J connectivity index is 2.21. The summed E-state index contributed by atoms with van der Waals surface area (Å²) in [5, 5.41) is 0. The predicted molar refractivity (Wildman–Crippen MR) is 96.0 cm³/mol. The number of aromatic nitrogens is 2. The Morgan fingerprint density at radius 3 is 2.24 bits per heavy atom. The lowest BCUT2D eigenvalue weighted by Gasteiger charge is -2.11. The third-order valence-electron chi connectivity index (χ3n) is 3.99. The summed E-state index contributed by atoms with van der Waals surface area (Å²) in [6.45, 7) is 1.84. The molecular formula is C19H19N3O3. The van der Waals surface area contributed by atoms with Crippen LogP contribution in [0, 0.1) is 6.92 Å². The normalized spacial score (nSPS) is 10.5. The first-order chi connectivity index (χ1) is 12.0. The summed E-state index contributed by atoms with van der Waals surface area (Å²) in [4.78, 5) is 16.6. The van der Waals surface area contributed by atoms with Crippen molar-refractivity contribution in [3.05, 3.63) is 59.9 Å². The molecule has 0 atom stereocenters. The molecule has 1 heterocycles. The second-order valence-electron chi connectivity index (χ2n) is 5.52. The molecule has 1 aromatic heterocycles. The molecular weight excluding hydrogens is 318 g/mol. The highest BCUT2D eigenvalue weighted by atomic mass is 16.5. The van der Waals surface area contributed by atoms with Gasteiger partial charge in [0.15, 0.2) is 5.69 Å². The molecule has 0 saturated heterocycles. The molecule has 0 saturated carbocycles. The molecule has 0 aliphatic rings. The minimum absolute atomic E-state index is 0.283. The zero-order chi connectivity index (χ0) is 18.0. The summed E-state index contributed by atoms with van der Waals surface area (Å²) < 4.78 is 12.0. The molecule has 0 aliphatic carbocycles. The fourth-order valence-electron chi connectivity index (χ4n) is 2.66. The number of nitrogen functional groups attached to an aromatic ring is 1. The van der Waals surface area contributed by atoms with Crippen LogP contribution >= 0.6 is 0 Å². The molecule has 6 heteroatoms. The minimum Gasteiger partial charge on any atom is -0.497 e. The van der Waals surface area contributed by atoms with Gasteiger partial charge in [0.25, 0.3) is 0 Å². The summed E-state index contributed by atoms with van der Waals surface area (Å²) in [5.74, 6) is 0.922. The van der Waals surface area contributed by atoms with Gasteiger partial charge in [-0.2, -0.15) is 0 Å². The highest BCUT2D eigenvalue weighted by molar-refractivity contribution is 5.89. The van der Waals surface area contributed by atoms with Crippen LogP contribution in [0.1, 0.15) is 16.2 Å². The molecule has 0 spiro atoms. The number of nitrogens with two attached hydrogens (primary N) is 1. The van der Waals surface area contributed by atoms with Crippen LogP contribution in [0.15, 0.2) is 48.5 Å². The largest absolute Gasteiger partial charge is 0.497 e. The lowest BCUT2D eigenvalue weighted by molar-refractivity contribution is 0.0593. The van der Waals surface area contributed by atoms with Gasteiger partial charge in [0.1, 0.15) is 11.6 Å². The van der Waals surface area contributed by atoms with Gasteiger partial charge in [-0.3, -0.25) is 4.57 Å². The molecule has 2 aromatic carbocycles. The first-order valence-electron chi connectivity index (χ1n) is 7.73. The maximum Gasteiger partial charge on any atom is 0.358 e. The van der Waals surface area contributed by atoms with Crippen molar-refractivity contribution < 1.29 is 14.3 Å². The van der Waals surface area contributed by atoms with Gasteiger partial charge in [0.2, 0.25) is 0 Å². The van der Waals surface area contributed by atoms with Crippen molar-refractivity contribution in [2.24, 2.45) is 0 Å². The number of rotatable bonds is 4. The van der Waals surface area contributed by atoms with E-state index in [1.165, 1.54) is 7.11 Å². The Morgan fingerprint density at radius 1 is 1.04 bits per heavy atom. The second kappa shape index (κ2) is 6.68. The molecule has 2 N–H and O–H groups in total. The fourth-order valence-corrected chi connectivity index (χ4v) is 2.66. The second-order valence-corrected chi connectivity index (χ2v) is 5.52. The van der Waals surface area contributed by atoms with E-state index in [4.69, 9.17) is 15.2 Å². The van der Waals surface area contributed by atoms with Crippen molar-refractivity contribution >= 4 is 11.7 Å². The van der Waals surface area contributed by atoms with E-state index in [9.17, 15) is 4.79 Å². The zero-order valence-electron chi connectivity index (χ0n) is 14.3. The van der Waals surface area contributed by atoms with Gasteiger partial charge in [-0.25, -0.2) is 9.78 Å². The smallest absolute Gasteiger partial charge is 0.358 e. The van der Waals surface area contributed by atoms with E-state index in [1.54, 1.807) is 7.11 Å². The van der Waals surface area contributed by atoms with Crippen molar-refractivity contribution in [3.63, 3.8) is 0 Å². The van der Waals surface area contributed by atoms with Crippen LogP contribution in [0.3, 0.4) is 0 Å². The highest BCUT2D eigenvalue weighted by Crippen LogP contribution is 2.28. The summed E-state index contributed by atoms with van der Waals surface area (Å²) in [6.07, 6.45) is 0. The number of anilines is 1. The monoisotopic (exact) mass is 337 g/mol. The number of carbonyl (C=O) groups excluding carboxylic acids is 1. The summed E-state index contributed by atoms with van der Waals surface area (Å²) in [7, 11) is 2.96. The maximum atomic E-state index is 12.1. The lowest BCUT2D eigenvalue weighted by Crippen LogP contribution is -2.05. The topological polar surface area (TPSA) is 79.4 Å². The van der Waals surface area contributed by atoms with E-state index in [0.717, 1.165) is 17.0 Å². The third kappa shape index (κ3) is 3.06. The van der Waals surface area contributed by atoms with E-state index in [1.807, 2.05) is 60.0 Å². The number of carbonyl (C=O) groups is 1. The molecule has 0 unspecified atom stereocenters. The van der Waals surface area contributed by atoms with Crippen LogP contribution in [-0.2, 0) is 4.74 Å². The molecule has 0 bridgehead atoms. The molecule has 128 valence electrons. The minimum atomic E-state index is -0.471. The van der Waals surface area contributed by atoms with E-state index < -0.39 is 5.97 Å². The van der Waals surface area contributed by atoms with Crippen LogP contribution < -0.4 is 10.5 Å². The quantitative estimate of drug-likeness (QED) is 0.584. The van der Waals surface area contributed by atoms with E-state index in [0.29, 0.717) is 17.2 Å². The van der Waals surface area contributed by atoms with E-state index >= 15 is 0 Å². The number of hydrogen-bond acceptors (Lipinski definition) is 5. The average Bonchev–Trinajstić information content (AvgIpc) is 2.99. The lowest BCUT2D eigenvalue weighted by atomic mass is 10.2. The van der Waals surface area contributed by atoms with Gasteiger partial charge in [0.05, 0.1) is 19.9 Å². The summed E-state index contributed by atoms with van der Waals surface area (Å²) >= 11 is 0. The van der Waals surface area contributed by atoms with Crippen molar-refractivity contribution in [2.75, 3.05) is 20.0 Å². The SMILES string of the molecule is COC(=O)c1nc(-c2ccc(OC)cc2)n(-c2ccc(N)cc2)c1C. The Bertz CT molecular complexity index is 897. The molecule has 0 fully saturated rings. The predicted octanol–water partition coefficient (Wildman–Crippen LogP) is 3.23. The highest BCUT2D eigenvalue weighted by Gasteiger charge is 2.22. The van der Waals surface area contributed by atoms with E-state index in [-0.39, 0.29) is 5.69 Å². The average molecular weight is 337 g/mol.